The average Bonchev–Trinajstić information content (AvgIpc) is 3.39. The van der Waals surface area contributed by atoms with Crippen LogP contribution in [0.25, 0.3) is 0 Å². The average molecular weight is 371 g/mol. The van der Waals surface area contributed by atoms with Crippen LogP contribution in [-0.2, 0) is 9.47 Å². The molecule has 27 heavy (non-hydrogen) atoms. The van der Waals surface area contributed by atoms with Gasteiger partial charge >= 0.3 is 0 Å². The number of hydrogen-bond donors (Lipinski definition) is 1. The van der Waals surface area contributed by atoms with Crippen molar-refractivity contribution in [2.45, 2.75) is 82.8 Å². The molecule has 0 aromatic carbocycles. The van der Waals surface area contributed by atoms with Crippen LogP contribution in [0, 0.1) is 5.92 Å². The van der Waals surface area contributed by atoms with Crippen LogP contribution in [0.3, 0.4) is 0 Å². The number of nitrogens with zero attached hydrogens (tertiary/aromatic N) is 1. The van der Waals surface area contributed by atoms with Crippen molar-refractivity contribution in [2.24, 2.45) is 5.92 Å². The van der Waals surface area contributed by atoms with Crippen LogP contribution < -0.4 is 5.32 Å². The van der Waals surface area contributed by atoms with Crippen LogP contribution in [0.15, 0.2) is 34.8 Å². The molecule has 0 aromatic heterocycles. The largest absolute Gasteiger partial charge is 0.458 e. The molecule has 2 aliphatic heterocycles. The third kappa shape index (κ3) is 3.58. The highest BCUT2D eigenvalue weighted by Gasteiger charge is 2.39. The highest BCUT2D eigenvalue weighted by Crippen LogP contribution is 2.39. The van der Waals surface area contributed by atoms with E-state index in [2.05, 4.69) is 22.4 Å². The lowest BCUT2D eigenvalue weighted by Gasteiger charge is -2.42. The molecular formula is C23H34N2O2. The summed E-state index contributed by atoms with van der Waals surface area (Å²) in [5, 5.41) is 3.83. The van der Waals surface area contributed by atoms with Gasteiger partial charge in [0.2, 0.25) is 6.79 Å². The number of nitrogens with one attached hydrogen (secondary N) is 1. The van der Waals surface area contributed by atoms with Crippen LogP contribution in [-0.4, -0.2) is 37.0 Å². The number of rotatable bonds is 4. The van der Waals surface area contributed by atoms with Gasteiger partial charge in [0.15, 0.2) is 5.76 Å². The van der Waals surface area contributed by atoms with E-state index in [4.69, 9.17) is 9.47 Å². The predicted molar refractivity (Wildman–Crippen MR) is 107 cm³/mol. The van der Waals surface area contributed by atoms with E-state index in [0.717, 1.165) is 36.8 Å². The van der Waals surface area contributed by atoms with Crippen LogP contribution in [0.1, 0.15) is 70.6 Å². The molecule has 4 heteroatoms. The zero-order valence-corrected chi connectivity index (χ0v) is 16.5. The molecule has 2 heterocycles. The summed E-state index contributed by atoms with van der Waals surface area (Å²) in [7, 11) is 0. The van der Waals surface area contributed by atoms with E-state index in [1.807, 2.05) is 0 Å². The summed E-state index contributed by atoms with van der Waals surface area (Å²) < 4.78 is 11.3. The maximum absolute atomic E-state index is 5.70. The molecule has 0 bridgehead atoms. The van der Waals surface area contributed by atoms with Crippen molar-refractivity contribution in [3.63, 3.8) is 0 Å². The molecule has 1 saturated heterocycles. The second-order valence-electron chi connectivity index (χ2n) is 8.88. The summed E-state index contributed by atoms with van der Waals surface area (Å²) in [4.78, 5) is 2.82. The topological polar surface area (TPSA) is 33.7 Å². The molecule has 5 rings (SSSR count). The zero-order chi connectivity index (χ0) is 18.1. The Morgan fingerprint density at radius 3 is 2.78 bits per heavy atom. The van der Waals surface area contributed by atoms with E-state index >= 15 is 0 Å². The van der Waals surface area contributed by atoms with Gasteiger partial charge in [-0.25, -0.2) is 0 Å². The fourth-order valence-corrected chi connectivity index (χ4v) is 5.94. The monoisotopic (exact) mass is 370 g/mol. The van der Waals surface area contributed by atoms with Gasteiger partial charge in [0.05, 0.1) is 6.17 Å². The number of ether oxygens (including phenoxy) is 2. The molecule has 1 N–H and O–H groups in total. The smallest absolute Gasteiger partial charge is 0.230 e. The Labute approximate surface area is 163 Å². The van der Waals surface area contributed by atoms with E-state index in [1.165, 1.54) is 69.9 Å². The van der Waals surface area contributed by atoms with Crippen LogP contribution in [0.5, 0.6) is 0 Å². The van der Waals surface area contributed by atoms with Crippen molar-refractivity contribution < 1.29 is 9.47 Å². The summed E-state index contributed by atoms with van der Waals surface area (Å²) in [6.07, 6.45) is 19.8. The summed E-state index contributed by atoms with van der Waals surface area (Å²) in [5.74, 6) is 2.88. The molecule has 2 unspecified atom stereocenters. The van der Waals surface area contributed by atoms with Gasteiger partial charge in [0.25, 0.3) is 0 Å². The molecule has 2 atom stereocenters. The molecule has 148 valence electrons. The third-order valence-corrected chi connectivity index (χ3v) is 7.23. The van der Waals surface area contributed by atoms with Gasteiger partial charge in [-0.3, -0.25) is 10.2 Å². The maximum Gasteiger partial charge on any atom is 0.230 e. The van der Waals surface area contributed by atoms with E-state index < -0.39 is 0 Å². The van der Waals surface area contributed by atoms with E-state index in [0.29, 0.717) is 19.0 Å². The Hall–Kier alpha value is -1.26. The molecule has 1 saturated carbocycles. The van der Waals surface area contributed by atoms with Crippen molar-refractivity contribution in [3.05, 3.63) is 34.8 Å². The fourth-order valence-electron chi connectivity index (χ4n) is 5.94. The van der Waals surface area contributed by atoms with Crippen molar-refractivity contribution in [2.75, 3.05) is 19.9 Å². The molecule has 0 radical (unpaired) electrons. The van der Waals surface area contributed by atoms with Gasteiger partial charge in [-0.1, -0.05) is 30.9 Å². The van der Waals surface area contributed by atoms with E-state index in [1.54, 1.807) is 5.57 Å². The third-order valence-electron chi connectivity index (χ3n) is 7.23. The molecular weight excluding hydrogens is 336 g/mol. The summed E-state index contributed by atoms with van der Waals surface area (Å²) in [5.41, 5.74) is 3.24. The first-order valence-corrected chi connectivity index (χ1v) is 11.3. The van der Waals surface area contributed by atoms with Gasteiger partial charge in [0.1, 0.15) is 5.76 Å². The van der Waals surface area contributed by atoms with Crippen molar-refractivity contribution in [1.82, 2.24) is 10.2 Å². The minimum atomic E-state index is 0.373. The summed E-state index contributed by atoms with van der Waals surface area (Å²) >= 11 is 0. The lowest BCUT2D eigenvalue weighted by molar-refractivity contribution is 0.0729. The maximum atomic E-state index is 5.70. The molecule has 2 fully saturated rings. The fraction of sp³-hybridized carbons (Fsp3) is 0.739. The van der Waals surface area contributed by atoms with Gasteiger partial charge in [0, 0.05) is 25.6 Å². The number of allylic oxidation sites excluding steroid dienone is 3. The van der Waals surface area contributed by atoms with Gasteiger partial charge in [-0.2, -0.15) is 0 Å². The zero-order valence-electron chi connectivity index (χ0n) is 16.5. The van der Waals surface area contributed by atoms with Crippen molar-refractivity contribution in [3.8, 4) is 0 Å². The molecule has 0 amide bonds. The normalized spacial score (nSPS) is 31.0. The highest BCUT2D eigenvalue weighted by molar-refractivity contribution is 5.32. The highest BCUT2D eigenvalue weighted by atomic mass is 16.7. The standard InChI is InChI=1S/C23H34N2O2/c1-3-7-17(8-4-1)22(18-9-5-2-6-10-18)25-14-13-24-23(25)19-11-12-20-21(15-19)27-16-26-20/h7,15,18,22-24H,1-6,8-14,16H2. The second kappa shape index (κ2) is 8.00. The minimum Gasteiger partial charge on any atom is -0.458 e. The first-order valence-electron chi connectivity index (χ1n) is 11.3. The van der Waals surface area contributed by atoms with Crippen LogP contribution in [0.4, 0.5) is 0 Å². The van der Waals surface area contributed by atoms with Crippen molar-refractivity contribution >= 4 is 0 Å². The SMILES string of the molecule is C1=C(C2NCCN2C(C2=CCCCC2)C2CCCCC2)CCC2=C1OCO2. The lowest BCUT2D eigenvalue weighted by atomic mass is 9.77. The van der Waals surface area contributed by atoms with Crippen molar-refractivity contribution in [1.29, 1.82) is 0 Å². The van der Waals surface area contributed by atoms with Gasteiger partial charge in [-0.15, -0.1) is 0 Å². The first kappa shape index (κ1) is 17.8. The molecule has 5 aliphatic rings. The lowest BCUT2D eigenvalue weighted by Crippen LogP contribution is -2.49. The number of hydrogen-bond acceptors (Lipinski definition) is 4. The van der Waals surface area contributed by atoms with Gasteiger partial charge < -0.3 is 9.47 Å². The van der Waals surface area contributed by atoms with Crippen LogP contribution >= 0.6 is 0 Å². The van der Waals surface area contributed by atoms with E-state index in [9.17, 15) is 0 Å². The summed E-state index contributed by atoms with van der Waals surface area (Å²) in [6.45, 7) is 2.67. The Morgan fingerprint density at radius 2 is 1.93 bits per heavy atom. The first-order chi connectivity index (χ1) is 13.4. The second-order valence-corrected chi connectivity index (χ2v) is 8.88. The molecule has 0 aromatic rings. The Balaban J connectivity index is 1.42. The predicted octanol–water partition coefficient (Wildman–Crippen LogP) is 4.60. The van der Waals surface area contributed by atoms with Crippen LogP contribution in [0.2, 0.25) is 0 Å². The Bertz CT molecular complexity index is 645. The quantitative estimate of drug-likeness (QED) is 0.733. The molecule has 4 nitrogen and oxygen atoms in total. The summed E-state index contributed by atoms with van der Waals surface area (Å²) in [6, 6.07) is 0.641. The van der Waals surface area contributed by atoms with E-state index in [-0.39, 0.29) is 0 Å². The Morgan fingerprint density at radius 1 is 1.00 bits per heavy atom. The van der Waals surface area contributed by atoms with Gasteiger partial charge in [-0.05, 0) is 62.5 Å². The Kier molecular flexibility index (Phi) is 5.28. The molecule has 3 aliphatic carbocycles. The minimum absolute atomic E-state index is 0.373. The molecule has 0 spiro atoms.